The van der Waals surface area contributed by atoms with Gasteiger partial charge in [0, 0.05) is 13.1 Å². The Hall–Kier alpha value is -2.80. The molecule has 0 aliphatic carbocycles. The van der Waals surface area contributed by atoms with Crippen LogP contribution in [-0.2, 0) is 13.1 Å². The number of nitriles is 1. The maximum atomic E-state index is 12.5. The molecule has 4 heteroatoms. The third kappa shape index (κ3) is 2.34. The Bertz CT molecular complexity index is 729. The molecule has 1 aliphatic heterocycles. The molecule has 0 unspecified atom stereocenters. The summed E-state index contributed by atoms with van der Waals surface area (Å²) in [4.78, 5) is 14.3. The quantitative estimate of drug-likeness (QED) is 0.867. The van der Waals surface area contributed by atoms with E-state index in [1.54, 1.807) is 24.1 Å². The number of hydrogen-bond donors (Lipinski definition) is 0. The van der Waals surface area contributed by atoms with Gasteiger partial charge in [0.05, 0.1) is 24.3 Å². The van der Waals surface area contributed by atoms with Crippen LogP contribution in [0.15, 0.2) is 42.5 Å². The van der Waals surface area contributed by atoms with Crippen molar-refractivity contribution in [2.45, 2.75) is 13.1 Å². The topological polar surface area (TPSA) is 53.3 Å². The lowest BCUT2D eigenvalue weighted by atomic mass is 10.1. The van der Waals surface area contributed by atoms with Gasteiger partial charge < -0.3 is 9.64 Å². The standard InChI is InChI=1S/C17H14N2O2/c1-21-15-4-2-3-14-11-19(17(20)16(14)15)10-13-7-5-12(9-18)6-8-13/h2-8H,10-11H2,1H3. The maximum Gasteiger partial charge on any atom is 0.258 e. The van der Waals surface area contributed by atoms with Crippen LogP contribution in [0.1, 0.15) is 27.0 Å². The van der Waals surface area contributed by atoms with Crippen molar-refractivity contribution in [2.75, 3.05) is 7.11 Å². The molecule has 2 aromatic carbocycles. The number of nitrogens with zero attached hydrogens (tertiary/aromatic N) is 2. The minimum atomic E-state index is -0.00758. The van der Waals surface area contributed by atoms with Crippen molar-refractivity contribution in [3.63, 3.8) is 0 Å². The molecule has 0 saturated heterocycles. The van der Waals surface area contributed by atoms with Crippen molar-refractivity contribution < 1.29 is 9.53 Å². The Labute approximate surface area is 123 Å². The summed E-state index contributed by atoms with van der Waals surface area (Å²) in [5.74, 6) is 0.617. The zero-order valence-corrected chi connectivity index (χ0v) is 11.7. The Morgan fingerprint density at radius 1 is 1.24 bits per heavy atom. The summed E-state index contributed by atoms with van der Waals surface area (Å²) < 4.78 is 5.27. The largest absolute Gasteiger partial charge is 0.496 e. The van der Waals surface area contributed by atoms with E-state index in [9.17, 15) is 4.79 Å². The molecule has 1 heterocycles. The molecule has 21 heavy (non-hydrogen) atoms. The van der Waals surface area contributed by atoms with Crippen LogP contribution in [0.25, 0.3) is 0 Å². The van der Waals surface area contributed by atoms with Crippen molar-refractivity contribution in [3.05, 3.63) is 64.7 Å². The van der Waals surface area contributed by atoms with Crippen LogP contribution in [-0.4, -0.2) is 17.9 Å². The second-order valence-corrected chi connectivity index (χ2v) is 4.96. The summed E-state index contributed by atoms with van der Waals surface area (Å²) in [7, 11) is 1.58. The van der Waals surface area contributed by atoms with Gasteiger partial charge in [-0.3, -0.25) is 4.79 Å². The van der Waals surface area contributed by atoms with Crippen LogP contribution in [0.5, 0.6) is 5.75 Å². The van der Waals surface area contributed by atoms with Crippen LogP contribution in [0.3, 0.4) is 0 Å². The predicted molar refractivity (Wildman–Crippen MR) is 77.7 cm³/mol. The maximum absolute atomic E-state index is 12.5. The third-order valence-electron chi connectivity index (χ3n) is 3.65. The SMILES string of the molecule is COc1cccc2c1C(=O)N(Cc1ccc(C#N)cc1)C2. The number of ether oxygens (including phenoxy) is 1. The van der Waals surface area contributed by atoms with Gasteiger partial charge in [0.1, 0.15) is 5.75 Å². The smallest absolute Gasteiger partial charge is 0.258 e. The van der Waals surface area contributed by atoms with Gasteiger partial charge in [-0.05, 0) is 29.3 Å². The number of hydrogen-bond acceptors (Lipinski definition) is 3. The van der Waals surface area contributed by atoms with Crippen LogP contribution < -0.4 is 4.74 Å². The molecule has 3 rings (SSSR count). The first-order valence-corrected chi connectivity index (χ1v) is 6.67. The average molecular weight is 278 g/mol. The molecule has 0 N–H and O–H groups in total. The van der Waals surface area contributed by atoms with Crippen LogP contribution in [0, 0.1) is 11.3 Å². The number of carbonyl (C=O) groups excluding carboxylic acids is 1. The summed E-state index contributed by atoms with van der Waals surface area (Å²) in [6, 6.07) is 15.0. The Morgan fingerprint density at radius 3 is 2.67 bits per heavy atom. The fraction of sp³-hybridized carbons (Fsp3) is 0.176. The van der Waals surface area contributed by atoms with Gasteiger partial charge in [0.25, 0.3) is 5.91 Å². The van der Waals surface area contributed by atoms with E-state index in [0.717, 1.165) is 11.1 Å². The molecule has 0 fully saturated rings. The van der Waals surface area contributed by atoms with E-state index in [-0.39, 0.29) is 5.91 Å². The monoisotopic (exact) mass is 278 g/mol. The summed E-state index contributed by atoms with van der Waals surface area (Å²) in [5.41, 5.74) is 3.28. The van der Waals surface area contributed by atoms with E-state index >= 15 is 0 Å². The molecule has 0 atom stereocenters. The van der Waals surface area contributed by atoms with Gasteiger partial charge in [-0.15, -0.1) is 0 Å². The lowest BCUT2D eigenvalue weighted by Crippen LogP contribution is -2.23. The van der Waals surface area contributed by atoms with Gasteiger partial charge in [-0.25, -0.2) is 0 Å². The number of fused-ring (bicyclic) bond motifs is 1. The summed E-state index contributed by atoms with van der Waals surface area (Å²) in [6.45, 7) is 1.12. The molecular weight excluding hydrogens is 264 g/mol. The van der Waals surface area contributed by atoms with Gasteiger partial charge in [-0.2, -0.15) is 5.26 Å². The highest BCUT2D eigenvalue weighted by molar-refractivity contribution is 6.00. The molecule has 4 nitrogen and oxygen atoms in total. The highest BCUT2D eigenvalue weighted by Gasteiger charge is 2.30. The third-order valence-corrected chi connectivity index (χ3v) is 3.65. The van der Waals surface area contributed by atoms with E-state index in [4.69, 9.17) is 10.00 Å². The van der Waals surface area contributed by atoms with E-state index in [2.05, 4.69) is 6.07 Å². The minimum Gasteiger partial charge on any atom is -0.496 e. The lowest BCUT2D eigenvalue weighted by Gasteiger charge is -2.15. The Balaban J connectivity index is 1.83. The highest BCUT2D eigenvalue weighted by Crippen LogP contribution is 2.31. The Morgan fingerprint density at radius 2 is 2.00 bits per heavy atom. The number of methoxy groups -OCH3 is 1. The van der Waals surface area contributed by atoms with Gasteiger partial charge >= 0.3 is 0 Å². The van der Waals surface area contributed by atoms with E-state index < -0.39 is 0 Å². The molecule has 0 aromatic heterocycles. The van der Waals surface area contributed by atoms with E-state index in [1.165, 1.54) is 0 Å². The fourth-order valence-electron chi connectivity index (χ4n) is 2.59. The predicted octanol–water partition coefficient (Wildman–Crippen LogP) is 2.72. The normalized spacial score (nSPS) is 13.0. The molecule has 0 spiro atoms. The molecular formula is C17H14N2O2. The number of carbonyl (C=O) groups is 1. The molecule has 0 bridgehead atoms. The lowest BCUT2D eigenvalue weighted by molar-refractivity contribution is 0.0764. The Kier molecular flexibility index (Phi) is 3.33. The van der Waals surface area contributed by atoms with Gasteiger partial charge in [0.2, 0.25) is 0 Å². The fourth-order valence-corrected chi connectivity index (χ4v) is 2.59. The van der Waals surface area contributed by atoms with Crippen molar-refractivity contribution in [2.24, 2.45) is 0 Å². The second-order valence-electron chi connectivity index (χ2n) is 4.96. The van der Waals surface area contributed by atoms with Gasteiger partial charge in [0.15, 0.2) is 0 Å². The molecule has 0 saturated carbocycles. The van der Waals surface area contributed by atoms with Crippen LogP contribution in [0.2, 0.25) is 0 Å². The summed E-state index contributed by atoms with van der Waals surface area (Å²) >= 11 is 0. The zero-order chi connectivity index (χ0) is 14.8. The first-order valence-electron chi connectivity index (χ1n) is 6.67. The van der Waals surface area contributed by atoms with Crippen molar-refractivity contribution >= 4 is 5.91 Å². The minimum absolute atomic E-state index is 0.00758. The molecule has 0 radical (unpaired) electrons. The summed E-state index contributed by atoms with van der Waals surface area (Å²) in [6.07, 6.45) is 0. The zero-order valence-electron chi connectivity index (χ0n) is 11.7. The van der Waals surface area contributed by atoms with Gasteiger partial charge in [-0.1, -0.05) is 24.3 Å². The van der Waals surface area contributed by atoms with Crippen molar-refractivity contribution in [3.8, 4) is 11.8 Å². The van der Waals surface area contributed by atoms with E-state index in [1.807, 2.05) is 30.3 Å². The first kappa shape index (κ1) is 13.2. The van der Waals surface area contributed by atoms with E-state index in [0.29, 0.717) is 30.0 Å². The molecule has 1 aliphatic rings. The van der Waals surface area contributed by atoms with Crippen molar-refractivity contribution in [1.29, 1.82) is 5.26 Å². The average Bonchev–Trinajstić information content (AvgIpc) is 2.84. The molecule has 1 amide bonds. The highest BCUT2D eigenvalue weighted by atomic mass is 16.5. The van der Waals surface area contributed by atoms with Crippen molar-refractivity contribution in [1.82, 2.24) is 4.90 Å². The van der Waals surface area contributed by atoms with Crippen LogP contribution in [0.4, 0.5) is 0 Å². The molecule has 104 valence electrons. The number of rotatable bonds is 3. The van der Waals surface area contributed by atoms with Crippen LogP contribution >= 0.6 is 0 Å². The number of benzene rings is 2. The molecule has 2 aromatic rings. The first-order chi connectivity index (χ1) is 10.2. The number of amides is 1. The summed E-state index contributed by atoms with van der Waals surface area (Å²) in [5, 5.41) is 8.80. The second kappa shape index (κ2) is 5.29.